The molecule has 29 heavy (non-hydrogen) atoms. The Labute approximate surface area is 163 Å². The van der Waals surface area contributed by atoms with Gasteiger partial charge in [-0.15, -0.1) is 0 Å². The summed E-state index contributed by atoms with van der Waals surface area (Å²) in [6, 6.07) is 8.43. The lowest BCUT2D eigenvalue weighted by molar-refractivity contribution is -0.111. The molecule has 0 fully saturated rings. The zero-order valence-electron chi connectivity index (χ0n) is 15.1. The first kappa shape index (κ1) is 19.6. The zero-order valence-corrected chi connectivity index (χ0v) is 15.1. The monoisotopic (exact) mass is 393 g/mol. The standard InChI is InChI=1S/C21H15NO7/c1-11-2-4-17-16(6-11)19(24)12(10-29-17)3-5-18(23)22-15-8-13(20(25)26)7-14(9-15)21(27)28/h2-10H,1H3,(H,22,23)(H,25,26)(H,27,28)/b5-3+. The molecule has 0 spiro atoms. The Kier molecular flexibility index (Phi) is 5.27. The molecule has 8 nitrogen and oxygen atoms in total. The minimum atomic E-state index is -1.33. The highest BCUT2D eigenvalue weighted by atomic mass is 16.4. The van der Waals surface area contributed by atoms with Crippen molar-refractivity contribution in [2.75, 3.05) is 5.32 Å². The van der Waals surface area contributed by atoms with Gasteiger partial charge in [-0.05, 0) is 43.3 Å². The molecule has 2 aromatic carbocycles. The van der Waals surface area contributed by atoms with Crippen molar-refractivity contribution < 1.29 is 29.0 Å². The number of benzene rings is 2. The zero-order chi connectivity index (χ0) is 21.1. The fourth-order valence-corrected chi connectivity index (χ4v) is 2.67. The second kappa shape index (κ2) is 7.81. The van der Waals surface area contributed by atoms with Gasteiger partial charge in [0.15, 0.2) is 5.43 Å². The number of fused-ring (bicyclic) bond motifs is 1. The summed E-state index contributed by atoms with van der Waals surface area (Å²) >= 11 is 0. The van der Waals surface area contributed by atoms with Crippen molar-refractivity contribution in [2.45, 2.75) is 6.92 Å². The second-order valence-corrected chi connectivity index (χ2v) is 6.25. The van der Waals surface area contributed by atoms with Crippen molar-refractivity contribution in [1.82, 2.24) is 0 Å². The van der Waals surface area contributed by atoms with Gasteiger partial charge in [0.2, 0.25) is 5.91 Å². The van der Waals surface area contributed by atoms with Gasteiger partial charge >= 0.3 is 11.9 Å². The molecule has 0 radical (unpaired) electrons. The van der Waals surface area contributed by atoms with Crippen LogP contribution in [0.4, 0.5) is 5.69 Å². The molecule has 146 valence electrons. The van der Waals surface area contributed by atoms with Gasteiger partial charge < -0.3 is 19.9 Å². The van der Waals surface area contributed by atoms with Crippen LogP contribution < -0.4 is 10.7 Å². The van der Waals surface area contributed by atoms with Crippen LogP contribution >= 0.6 is 0 Å². The van der Waals surface area contributed by atoms with Crippen LogP contribution in [0.5, 0.6) is 0 Å². The number of aryl methyl sites for hydroxylation is 1. The molecular formula is C21H15NO7. The van der Waals surface area contributed by atoms with Crippen LogP contribution in [0, 0.1) is 6.92 Å². The molecule has 3 N–H and O–H groups in total. The summed E-state index contributed by atoms with van der Waals surface area (Å²) in [6.45, 7) is 1.84. The first-order valence-electron chi connectivity index (χ1n) is 8.37. The molecule has 0 aliphatic rings. The molecular weight excluding hydrogens is 378 g/mol. The van der Waals surface area contributed by atoms with Crippen LogP contribution in [0.15, 0.2) is 57.9 Å². The number of carboxylic acids is 2. The van der Waals surface area contributed by atoms with Crippen molar-refractivity contribution in [2.24, 2.45) is 0 Å². The third-order valence-corrected chi connectivity index (χ3v) is 4.06. The van der Waals surface area contributed by atoms with Crippen molar-refractivity contribution >= 4 is 40.6 Å². The Morgan fingerprint density at radius 2 is 1.66 bits per heavy atom. The van der Waals surface area contributed by atoms with Gasteiger partial charge in [0.25, 0.3) is 0 Å². The molecule has 0 saturated heterocycles. The molecule has 1 amide bonds. The van der Waals surface area contributed by atoms with Crippen LogP contribution in [0.25, 0.3) is 17.0 Å². The average Bonchev–Trinajstić information content (AvgIpc) is 2.67. The minimum Gasteiger partial charge on any atom is -0.478 e. The van der Waals surface area contributed by atoms with Gasteiger partial charge in [0.05, 0.1) is 22.1 Å². The lowest BCUT2D eigenvalue weighted by atomic mass is 10.1. The van der Waals surface area contributed by atoms with E-state index in [4.69, 9.17) is 14.6 Å². The van der Waals surface area contributed by atoms with Crippen molar-refractivity contribution in [3.8, 4) is 0 Å². The molecule has 0 saturated carbocycles. The number of carbonyl (C=O) groups is 3. The number of rotatable bonds is 5. The first-order valence-corrected chi connectivity index (χ1v) is 8.37. The van der Waals surface area contributed by atoms with Gasteiger partial charge in [-0.2, -0.15) is 0 Å². The molecule has 0 aliphatic heterocycles. The van der Waals surface area contributed by atoms with Crippen LogP contribution in [0.2, 0.25) is 0 Å². The summed E-state index contributed by atoms with van der Waals surface area (Å²) < 4.78 is 5.40. The van der Waals surface area contributed by atoms with Gasteiger partial charge in [0.1, 0.15) is 11.8 Å². The number of hydrogen-bond acceptors (Lipinski definition) is 5. The van der Waals surface area contributed by atoms with E-state index in [1.54, 1.807) is 12.1 Å². The van der Waals surface area contributed by atoms with E-state index in [0.29, 0.717) is 11.0 Å². The van der Waals surface area contributed by atoms with E-state index in [0.717, 1.165) is 29.8 Å². The van der Waals surface area contributed by atoms with Crippen molar-refractivity contribution in [1.29, 1.82) is 0 Å². The van der Waals surface area contributed by atoms with E-state index in [2.05, 4.69) is 5.32 Å². The molecule has 3 rings (SSSR count). The van der Waals surface area contributed by atoms with E-state index in [1.165, 1.54) is 12.3 Å². The number of carbonyl (C=O) groups excluding carboxylic acids is 1. The maximum atomic E-state index is 12.5. The third kappa shape index (κ3) is 4.38. The van der Waals surface area contributed by atoms with E-state index in [-0.39, 0.29) is 27.8 Å². The lowest BCUT2D eigenvalue weighted by Gasteiger charge is -2.06. The van der Waals surface area contributed by atoms with Gasteiger partial charge in [-0.3, -0.25) is 9.59 Å². The maximum absolute atomic E-state index is 12.5. The first-order chi connectivity index (χ1) is 13.7. The number of hydrogen-bond donors (Lipinski definition) is 3. The Balaban J connectivity index is 1.86. The molecule has 3 aromatic rings. The van der Waals surface area contributed by atoms with E-state index in [1.807, 2.05) is 13.0 Å². The number of carboxylic acid groups (broad SMARTS) is 2. The normalized spacial score (nSPS) is 10.9. The van der Waals surface area contributed by atoms with Crippen LogP contribution in [-0.4, -0.2) is 28.1 Å². The van der Waals surface area contributed by atoms with Crippen LogP contribution in [0.3, 0.4) is 0 Å². The van der Waals surface area contributed by atoms with Gasteiger partial charge in [-0.1, -0.05) is 11.6 Å². The highest BCUT2D eigenvalue weighted by molar-refractivity contribution is 6.04. The molecule has 0 aliphatic carbocycles. The van der Waals surface area contributed by atoms with Crippen molar-refractivity contribution in [3.05, 3.63) is 81.2 Å². The summed E-state index contributed by atoms with van der Waals surface area (Å²) in [7, 11) is 0. The van der Waals surface area contributed by atoms with E-state index >= 15 is 0 Å². The molecule has 0 bridgehead atoms. The predicted molar refractivity (Wildman–Crippen MR) is 105 cm³/mol. The Hall–Kier alpha value is -4.20. The predicted octanol–water partition coefficient (Wildman–Crippen LogP) is 3.15. The smallest absolute Gasteiger partial charge is 0.335 e. The average molecular weight is 393 g/mol. The van der Waals surface area contributed by atoms with E-state index < -0.39 is 17.8 Å². The second-order valence-electron chi connectivity index (χ2n) is 6.25. The van der Waals surface area contributed by atoms with Gasteiger partial charge in [-0.25, -0.2) is 9.59 Å². The Morgan fingerprint density at radius 3 is 2.28 bits per heavy atom. The largest absolute Gasteiger partial charge is 0.478 e. The fraction of sp³-hybridized carbons (Fsp3) is 0.0476. The van der Waals surface area contributed by atoms with Crippen molar-refractivity contribution in [3.63, 3.8) is 0 Å². The molecule has 0 atom stereocenters. The van der Waals surface area contributed by atoms with Gasteiger partial charge in [0, 0.05) is 11.8 Å². The molecule has 1 heterocycles. The molecule has 0 unspecified atom stereocenters. The Bertz CT molecular complexity index is 1210. The highest BCUT2D eigenvalue weighted by Crippen LogP contribution is 2.16. The summed E-state index contributed by atoms with van der Waals surface area (Å²) in [6.07, 6.45) is 3.57. The Morgan fingerprint density at radius 1 is 1.00 bits per heavy atom. The summed E-state index contributed by atoms with van der Waals surface area (Å²) in [5.41, 5.74) is 0.594. The van der Waals surface area contributed by atoms with Crippen LogP contribution in [-0.2, 0) is 4.79 Å². The maximum Gasteiger partial charge on any atom is 0.335 e. The number of aromatic carboxylic acids is 2. The highest BCUT2D eigenvalue weighted by Gasteiger charge is 2.12. The quantitative estimate of drug-likeness (QED) is 0.567. The number of nitrogens with one attached hydrogen (secondary N) is 1. The van der Waals surface area contributed by atoms with Crippen LogP contribution in [0.1, 0.15) is 31.8 Å². The third-order valence-electron chi connectivity index (χ3n) is 4.06. The minimum absolute atomic E-state index is 0.00174. The molecule has 1 aromatic heterocycles. The number of anilines is 1. The van der Waals surface area contributed by atoms with E-state index in [9.17, 15) is 19.2 Å². The summed E-state index contributed by atoms with van der Waals surface area (Å²) in [5.74, 6) is -3.33. The molecule has 8 heteroatoms. The number of amides is 1. The SMILES string of the molecule is Cc1ccc2occ(/C=C/C(=O)Nc3cc(C(=O)O)cc(C(=O)O)c3)c(=O)c2c1. The lowest BCUT2D eigenvalue weighted by Crippen LogP contribution is -2.11. The summed E-state index contributed by atoms with van der Waals surface area (Å²) in [5, 5.41) is 20.9. The fourth-order valence-electron chi connectivity index (χ4n) is 2.67. The topological polar surface area (TPSA) is 134 Å². The summed E-state index contributed by atoms with van der Waals surface area (Å²) in [4.78, 5) is 46.9.